The summed E-state index contributed by atoms with van der Waals surface area (Å²) >= 11 is 0. The van der Waals surface area contributed by atoms with Crippen LogP contribution in [0.15, 0.2) is 0 Å². The Kier molecular flexibility index (Phi) is 6.01. The van der Waals surface area contributed by atoms with E-state index in [0.717, 1.165) is 12.8 Å². The number of hydrogen-bond donors (Lipinski definition) is 3. The van der Waals surface area contributed by atoms with Crippen LogP contribution in [0.25, 0.3) is 0 Å². The maximum Gasteiger partial charge on any atom is 0.315 e. The summed E-state index contributed by atoms with van der Waals surface area (Å²) in [5.74, 6) is -0.947. The first-order chi connectivity index (χ1) is 9.67. The first-order valence-electron chi connectivity index (χ1n) is 7.58. The van der Waals surface area contributed by atoms with Crippen LogP contribution in [-0.2, 0) is 9.53 Å². The van der Waals surface area contributed by atoms with Crippen molar-refractivity contribution in [3.05, 3.63) is 0 Å². The van der Waals surface area contributed by atoms with Gasteiger partial charge >= 0.3 is 12.0 Å². The van der Waals surface area contributed by atoms with Gasteiger partial charge in [-0.15, -0.1) is 0 Å². The van der Waals surface area contributed by atoms with E-state index >= 15 is 0 Å². The van der Waals surface area contributed by atoms with Crippen molar-refractivity contribution in [2.45, 2.75) is 65.0 Å². The van der Waals surface area contributed by atoms with Gasteiger partial charge in [0.15, 0.2) is 0 Å². The Balaban J connectivity index is 2.30. The quantitative estimate of drug-likeness (QED) is 0.629. The molecule has 3 N–H and O–H groups in total. The van der Waals surface area contributed by atoms with E-state index < -0.39 is 16.9 Å². The van der Waals surface area contributed by atoms with E-state index in [9.17, 15) is 14.7 Å². The van der Waals surface area contributed by atoms with E-state index in [2.05, 4.69) is 10.6 Å². The maximum atomic E-state index is 11.9. The third-order valence-corrected chi connectivity index (χ3v) is 4.57. The molecule has 6 nitrogen and oxygen atoms in total. The highest BCUT2D eigenvalue weighted by Crippen LogP contribution is 2.30. The number of aliphatic carboxylic acids is 1. The number of carboxylic acids is 1. The Hall–Kier alpha value is -1.30. The second-order valence-corrected chi connectivity index (χ2v) is 6.71. The number of carboxylic acid groups (broad SMARTS) is 1. The topological polar surface area (TPSA) is 87.7 Å². The van der Waals surface area contributed by atoms with Crippen LogP contribution < -0.4 is 10.6 Å². The van der Waals surface area contributed by atoms with Crippen LogP contribution in [-0.4, -0.2) is 41.9 Å². The Labute approximate surface area is 126 Å². The second kappa shape index (κ2) is 7.11. The minimum absolute atomic E-state index is 0.331. The number of rotatable bonds is 7. The van der Waals surface area contributed by atoms with Gasteiger partial charge in [-0.1, -0.05) is 12.8 Å². The lowest BCUT2D eigenvalue weighted by Crippen LogP contribution is -2.59. The molecule has 0 aromatic heterocycles. The van der Waals surface area contributed by atoms with E-state index in [1.54, 1.807) is 27.7 Å². The van der Waals surface area contributed by atoms with Gasteiger partial charge in [0.2, 0.25) is 0 Å². The van der Waals surface area contributed by atoms with Gasteiger partial charge in [-0.05, 0) is 40.5 Å². The van der Waals surface area contributed by atoms with E-state index in [-0.39, 0.29) is 6.03 Å². The van der Waals surface area contributed by atoms with Gasteiger partial charge in [0.05, 0.1) is 23.7 Å². The first-order valence-corrected chi connectivity index (χ1v) is 7.58. The van der Waals surface area contributed by atoms with Gasteiger partial charge < -0.3 is 20.5 Å². The molecule has 0 aliphatic heterocycles. The van der Waals surface area contributed by atoms with E-state index in [4.69, 9.17) is 4.74 Å². The van der Waals surface area contributed by atoms with Crippen molar-refractivity contribution in [2.24, 2.45) is 5.41 Å². The Morgan fingerprint density at radius 1 is 1.19 bits per heavy atom. The third kappa shape index (κ3) is 4.88. The average Bonchev–Trinajstić information content (AvgIpc) is 2.86. The molecule has 0 aromatic rings. The molecule has 1 fully saturated rings. The van der Waals surface area contributed by atoms with Crippen molar-refractivity contribution in [1.29, 1.82) is 0 Å². The van der Waals surface area contributed by atoms with Gasteiger partial charge in [0, 0.05) is 6.54 Å². The number of hydrogen-bond acceptors (Lipinski definition) is 3. The molecule has 0 spiro atoms. The van der Waals surface area contributed by atoms with Crippen LogP contribution in [0.3, 0.4) is 0 Å². The zero-order chi connectivity index (χ0) is 16.1. The monoisotopic (exact) mass is 300 g/mol. The fraction of sp³-hybridized carbons (Fsp3) is 0.867. The molecule has 0 bridgehead atoms. The average molecular weight is 300 g/mol. The summed E-state index contributed by atoms with van der Waals surface area (Å²) in [6, 6.07) is -0.371. The Morgan fingerprint density at radius 3 is 2.29 bits per heavy atom. The lowest BCUT2D eigenvalue weighted by atomic mass is 9.74. The van der Waals surface area contributed by atoms with Crippen molar-refractivity contribution < 1.29 is 19.4 Å². The summed E-state index contributed by atoms with van der Waals surface area (Å²) in [5.41, 5.74) is -1.93. The molecule has 0 unspecified atom stereocenters. The van der Waals surface area contributed by atoms with E-state index in [1.807, 2.05) is 0 Å². The molecule has 6 heteroatoms. The fourth-order valence-corrected chi connectivity index (χ4v) is 2.20. The molecule has 122 valence electrons. The van der Waals surface area contributed by atoms with Crippen LogP contribution in [0.1, 0.15) is 53.4 Å². The van der Waals surface area contributed by atoms with Gasteiger partial charge in [-0.2, -0.15) is 0 Å². The highest BCUT2D eigenvalue weighted by molar-refractivity contribution is 5.79. The molecule has 1 saturated carbocycles. The summed E-state index contributed by atoms with van der Waals surface area (Å²) < 4.78 is 5.65. The standard InChI is InChI=1S/C15H28N2O4/c1-14(2,12(18)19)15(3,4)17-13(20)16-9-10-21-11-7-5-6-8-11/h11H,5-10H2,1-4H3,(H,18,19)(H2,16,17,20). The molecular formula is C15H28N2O4. The van der Waals surface area contributed by atoms with Crippen molar-refractivity contribution >= 4 is 12.0 Å². The minimum atomic E-state index is -1.06. The van der Waals surface area contributed by atoms with Crippen LogP contribution in [0.4, 0.5) is 4.79 Å². The molecule has 1 aliphatic carbocycles. The largest absolute Gasteiger partial charge is 0.481 e. The fourth-order valence-electron chi connectivity index (χ4n) is 2.20. The molecular weight excluding hydrogens is 272 g/mol. The van der Waals surface area contributed by atoms with Crippen LogP contribution in [0.2, 0.25) is 0 Å². The Bertz CT molecular complexity index is 374. The van der Waals surface area contributed by atoms with Crippen LogP contribution in [0, 0.1) is 5.41 Å². The number of ether oxygens (including phenoxy) is 1. The molecule has 1 aliphatic rings. The maximum absolute atomic E-state index is 11.9. The summed E-state index contributed by atoms with van der Waals surface area (Å²) in [7, 11) is 0. The van der Waals surface area contributed by atoms with Crippen molar-refractivity contribution in [2.75, 3.05) is 13.2 Å². The lowest BCUT2D eigenvalue weighted by molar-refractivity contribution is -0.150. The lowest BCUT2D eigenvalue weighted by Gasteiger charge is -2.38. The van der Waals surface area contributed by atoms with Crippen LogP contribution >= 0.6 is 0 Å². The number of carbonyl (C=O) groups is 2. The zero-order valence-corrected chi connectivity index (χ0v) is 13.5. The number of amides is 2. The summed E-state index contributed by atoms with van der Waals surface area (Å²) in [5, 5.41) is 14.7. The van der Waals surface area contributed by atoms with Crippen molar-refractivity contribution in [3.63, 3.8) is 0 Å². The summed E-state index contributed by atoms with van der Waals surface area (Å²) in [6.07, 6.45) is 4.98. The molecule has 21 heavy (non-hydrogen) atoms. The SMILES string of the molecule is CC(C)(NC(=O)NCCOC1CCCC1)C(C)(C)C(=O)O. The molecule has 0 aromatic carbocycles. The van der Waals surface area contributed by atoms with Gasteiger partial charge in [-0.25, -0.2) is 4.79 Å². The number of nitrogens with one attached hydrogen (secondary N) is 2. The summed E-state index contributed by atoms with van der Waals surface area (Å²) in [6.45, 7) is 7.51. The predicted octanol–water partition coefficient (Wildman–Crippen LogP) is 2.13. The second-order valence-electron chi connectivity index (χ2n) is 6.71. The van der Waals surface area contributed by atoms with Gasteiger partial charge in [0.1, 0.15) is 0 Å². The predicted molar refractivity (Wildman–Crippen MR) is 80.2 cm³/mol. The van der Waals surface area contributed by atoms with E-state index in [1.165, 1.54) is 12.8 Å². The van der Waals surface area contributed by atoms with E-state index in [0.29, 0.717) is 19.3 Å². The normalized spacial score (nSPS) is 16.8. The van der Waals surface area contributed by atoms with Crippen LogP contribution in [0.5, 0.6) is 0 Å². The first kappa shape index (κ1) is 17.8. The number of urea groups is 1. The van der Waals surface area contributed by atoms with Gasteiger partial charge in [0.25, 0.3) is 0 Å². The van der Waals surface area contributed by atoms with Crippen molar-refractivity contribution in [1.82, 2.24) is 10.6 Å². The highest BCUT2D eigenvalue weighted by atomic mass is 16.5. The molecule has 2 amide bonds. The number of carbonyl (C=O) groups excluding carboxylic acids is 1. The zero-order valence-electron chi connectivity index (χ0n) is 13.5. The third-order valence-electron chi connectivity index (χ3n) is 4.57. The summed E-state index contributed by atoms with van der Waals surface area (Å²) in [4.78, 5) is 23.1. The molecule has 0 heterocycles. The smallest absolute Gasteiger partial charge is 0.315 e. The molecule has 0 saturated heterocycles. The molecule has 1 rings (SSSR count). The van der Waals surface area contributed by atoms with Gasteiger partial charge in [-0.3, -0.25) is 4.79 Å². The molecule has 0 atom stereocenters. The highest BCUT2D eigenvalue weighted by Gasteiger charge is 2.44. The molecule has 0 radical (unpaired) electrons. The minimum Gasteiger partial charge on any atom is -0.481 e. The van der Waals surface area contributed by atoms with Crippen molar-refractivity contribution in [3.8, 4) is 0 Å². The Morgan fingerprint density at radius 2 is 1.76 bits per heavy atom.